The van der Waals surface area contributed by atoms with Gasteiger partial charge in [0.1, 0.15) is 0 Å². The summed E-state index contributed by atoms with van der Waals surface area (Å²) in [5.41, 5.74) is 5.85. The number of rotatable bonds is 5. The van der Waals surface area contributed by atoms with E-state index >= 15 is 0 Å². The topological polar surface area (TPSA) is 64.4 Å². The van der Waals surface area contributed by atoms with Crippen molar-refractivity contribution in [1.29, 1.82) is 0 Å². The van der Waals surface area contributed by atoms with E-state index in [2.05, 4.69) is 33.0 Å². The SMILES string of the molecule is CC(NC(=O)C(CN)CC(C)(C)C)C1CCOC1. The fraction of sp³-hybridized carbons (Fsp3) is 0.929. The quantitative estimate of drug-likeness (QED) is 0.784. The molecular weight excluding hydrogens is 228 g/mol. The van der Waals surface area contributed by atoms with Crippen molar-refractivity contribution in [3.05, 3.63) is 0 Å². The molecule has 1 heterocycles. The molecule has 0 radical (unpaired) electrons. The molecule has 0 saturated carbocycles. The van der Waals surface area contributed by atoms with Gasteiger partial charge in [0, 0.05) is 25.1 Å². The average Bonchev–Trinajstić information content (AvgIpc) is 2.77. The monoisotopic (exact) mass is 256 g/mol. The van der Waals surface area contributed by atoms with Crippen molar-refractivity contribution < 1.29 is 9.53 Å². The van der Waals surface area contributed by atoms with Crippen LogP contribution >= 0.6 is 0 Å². The number of amides is 1. The van der Waals surface area contributed by atoms with Gasteiger partial charge in [0.2, 0.25) is 5.91 Å². The molecule has 0 spiro atoms. The molecule has 3 atom stereocenters. The van der Waals surface area contributed by atoms with Crippen molar-refractivity contribution in [2.75, 3.05) is 19.8 Å². The van der Waals surface area contributed by atoms with Crippen LogP contribution in [-0.4, -0.2) is 31.7 Å². The minimum Gasteiger partial charge on any atom is -0.381 e. The number of ether oxygens (including phenoxy) is 1. The van der Waals surface area contributed by atoms with E-state index in [-0.39, 0.29) is 23.3 Å². The first-order valence-electron chi connectivity index (χ1n) is 6.91. The van der Waals surface area contributed by atoms with Gasteiger partial charge in [-0.2, -0.15) is 0 Å². The molecular formula is C14H28N2O2. The molecule has 4 nitrogen and oxygen atoms in total. The fourth-order valence-electron chi connectivity index (χ4n) is 2.43. The fourth-order valence-corrected chi connectivity index (χ4v) is 2.43. The van der Waals surface area contributed by atoms with Crippen molar-refractivity contribution in [3.63, 3.8) is 0 Å². The molecule has 1 saturated heterocycles. The van der Waals surface area contributed by atoms with Crippen molar-refractivity contribution in [1.82, 2.24) is 5.32 Å². The molecule has 0 aromatic heterocycles. The second kappa shape index (κ2) is 6.53. The molecule has 0 aromatic rings. The van der Waals surface area contributed by atoms with Gasteiger partial charge in [-0.1, -0.05) is 20.8 Å². The van der Waals surface area contributed by atoms with Gasteiger partial charge in [0.05, 0.1) is 12.5 Å². The maximum Gasteiger partial charge on any atom is 0.224 e. The minimum absolute atomic E-state index is 0.0882. The Morgan fingerprint density at radius 1 is 1.50 bits per heavy atom. The van der Waals surface area contributed by atoms with Crippen LogP contribution < -0.4 is 11.1 Å². The molecule has 3 unspecified atom stereocenters. The van der Waals surface area contributed by atoms with Crippen LogP contribution in [0.3, 0.4) is 0 Å². The van der Waals surface area contributed by atoms with Crippen molar-refractivity contribution in [2.45, 2.75) is 46.6 Å². The van der Waals surface area contributed by atoms with Crippen LogP contribution in [0.2, 0.25) is 0 Å². The third kappa shape index (κ3) is 4.94. The van der Waals surface area contributed by atoms with Gasteiger partial charge in [-0.25, -0.2) is 0 Å². The average molecular weight is 256 g/mol. The molecule has 1 fully saturated rings. The third-order valence-corrected chi connectivity index (χ3v) is 3.56. The van der Waals surface area contributed by atoms with Crippen LogP contribution in [0.4, 0.5) is 0 Å². The smallest absolute Gasteiger partial charge is 0.224 e. The lowest BCUT2D eigenvalue weighted by molar-refractivity contribution is -0.126. The molecule has 3 N–H and O–H groups in total. The zero-order chi connectivity index (χ0) is 13.8. The van der Waals surface area contributed by atoms with E-state index in [1.54, 1.807) is 0 Å². The van der Waals surface area contributed by atoms with E-state index in [4.69, 9.17) is 10.5 Å². The lowest BCUT2D eigenvalue weighted by Gasteiger charge is -2.27. The van der Waals surface area contributed by atoms with Crippen molar-refractivity contribution in [3.8, 4) is 0 Å². The lowest BCUT2D eigenvalue weighted by atomic mass is 9.84. The molecule has 0 bridgehead atoms. The number of hydrogen-bond donors (Lipinski definition) is 2. The summed E-state index contributed by atoms with van der Waals surface area (Å²) in [6, 6.07) is 0.175. The van der Waals surface area contributed by atoms with Crippen LogP contribution in [0, 0.1) is 17.3 Å². The second-order valence-electron chi connectivity index (χ2n) is 6.62. The van der Waals surface area contributed by atoms with E-state index in [9.17, 15) is 4.79 Å². The molecule has 0 aliphatic carbocycles. The van der Waals surface area contributed by atoms with Gasteiger partial charge in [0.25, 0.3) is 0 Å². The Kier molecular flexibility index (Phi) is 5.60. The Balaban J connectivity index is 2.46. The first-order chi connectivity index (χ1) is 8.33. The maximum absolute atomic E-state index is 12.2. The van der Waals surface area contributed by atoms with Gasteiger partial charge in [-0.15, -0.1) is 0 Å². The van der Waals surface area contributed by atoms with E-state index in [0.717, 1.165) is 26.1 Å². The standard InChI is InChI=1S/C14H28N2O2/c1-10(11-5-6-18-9-11)16-13(17)12(8-15)7-14(2,3)4/h10-12H,5-9,15H2,1-4H3,(H,16,17). The first-order valence-corrected chi connectivity index (χ1v) is 6.91. The molecule has 18 heavy (non-hydrogen) atoms. The number of hydrogen-bond acceptors (Lipinski definition) is 3. The van der Waals surface area contributed by atoms with Crippen molar-refractivity contribution in [2.24, 2.45) is 23.0 Å². The molecule has 106 valence electrons. The van der Waals surface area contributed by atoms with Gasteiger partial charge in [-0.05, 0) is 25.2 Å². The summed E-state index contributed by atoms with van der Waals surface area (Å²) in [4.78, 5) is 12.2. The number of nitrogens with one attached hydrogen (secondary N) is 1. The van der Waals surface area contributed by atoms with E-state index in [0.29, 0.717) is 12.5 Å². The zero-order valence-electron chi connectivity index (χ0n) is 12.2. The Morgan fingerprint density at radius 3 is 2.61 bits per heavy atom. The first kappa shape index (κ1) is 15.4. The van der Waals surface area contributed by atoms with E-state index < -0.39 is 0 Å². The summed E-state index contributed by atoms with van der Waals surface area (Å²) >= 11 is 0. The van der Waals surface area contributed by atoms with Crippen molar-refractivity contribution >= 4 is 5.91 Å². The minimum atomic E-state index is -0.0882. The summed E-state index contributed by atoms with van der Waals surface area (Å²) in [6.45, 7) is 10.5. The van der Waals surface area contributed by atoms with Crippen LogP contribution in [0.1, 0.15) is 40.5 Å². The summed E-state index contributed by atoms with van der Waals surface area (Å²) in [5.74, 6) is 0.448. The maximum atomic E-state index is 12.2. The number of carbonyl (C=O) groups is 1. The van der Waals surface area contributed by atoms with Gasteiger partial charge in [0.15, 0.2) is 0 Å². The molecule has 4 heteroatoms. The van der Waals surface area contributed by atoms with Crippen LogP contribution in [0.25, 0.3) is 0 Å². The zero-order valence-corrected chi connectivity index (χ0v) is 12.2. The van der Waals surface area contributed by atoms with Gasteiger partial charge < -0.3 is 15.8 Å². The van der Waals surface area contributed by atoms with Crippen LogP contribution in [0.5, 0.6) is 0 Å². The van der Waals surface area contributed by atoms with Crippen LogP contribution in [-0.2, 0) is 9.53 Å². The highest BCUT2D eigenvalue weighted by Gasteiger charge is 2.28. The Labute approximate surface area is 111 Å². The van der Waals surface area contributed by atoms with Gasteiger partial charge >= 0.3 is 0 Å². The Hall–Kier alpha value is -0.610. The Morgan fingerprint density at radius 2 is 2.17 bits per heavy atom. The third-order valence-electron chi connectivity index (χ3n) is 3.56. The summed E-state index contributed by atoms with van der Waals surface area (Å²) in [5, 5.41) is 3.10. The van der Waals surface area contributed by atoms with Crippen LogP contribution in [0.15, 0.2) is 0 Å². The molecule has 1 amide bonds. The number of nitrogens with two attached hydrogens (primary N) is 1. The Bertz CT molecular complexity index is 267. The molecule has 0 aromatic carbocycles. The summed E-state index contributed by atoms with van der Waals surface area (Å²) < 4.78 is 5.35. The summed E-state index contributed by atoms with van der Waals surface area (Å²) in [7, 11) is 0. The molecule has 1 aliphatic rings. The highest BCUT2D eigenvalue weighted by atomic mass is 16.5. The summed E-state index contributed by atoms with van der Waals surface area (Å²) in [6.07, 6.45) is 1.86. The second-order valence-corrected chi connectivity index (χ2v) is 6.62. The normalized spacial score (nSPS) is 23.7. The largest absolute Gasteiger partial charge is 0.381 e. The van der Waals surface area contributed by atoms with E-state index in [1.165, 1.54) is 0 Å². The lowest BCUT2D eigenvalue weighted by Crippen LogP contribution is -2.44. The highest BCUT2D eigenvalue weighted by molar-refractivity contribution is 5.79. The highest BCUT2D eigenvalue weighted by Crippen LogP contribution is 2.24. The van der Waals surface area contributed by atoms with Gasteiger partial charge in [-0.3, -0.25) is 4.79 Å². The molecule has 1 rings (SSSR count). The number of carbonyl (C=O) groups excluding carboxylic acids is 1. The van der Waals surface area contributed by atoms with E-state index in [1.807, 2.05) is 0 Å². The predicted octanol–water partition coefficient (Wildman–Crippen LogP) is 1.54. The molecule has 1 aliphatic heterocycles. The predicted molar refractivity (Wildman–Crippen MR) is 73.1 cm³/mol.